The number of hydrogen-bond acceptors (Lipinski definition) is 3. The number of nitrogens with one attached hydrogen (secondary N) is 2. The summed E-state index contributed by atoms with van der Waals surface area (Å²) in [6.45, 7) is 0. The normalized spacial score (nSPS) is 30.1. The lowest BCUT2D eigenvalue weighted by Crippen LogP contribution is -2.43. The van der Waals surface area contributed by atoms with Crippen LogP contribution in [0.2, 0.25) is 0 Å². The van der Waals surface area contributed by atoms with E-state index in [-0.39, 0.29) is 5.91 Å². The Morgan fingerprint density at radius 1 is 1.17 bits per heavy atom. The van der Waals surface area contributed by atoms with Crippen LogP contribution < -0.4 is 16.4 Å². The van der Waals surface area contributed by atoms with Crippen molar-refractivity contribution in [2.45, 2.75) is 43.8 Å². The average Bonchev–Trinajstić information content (AvgIpc) is 2.69. The lowest BCUT2D eigenvalue weighted by atomic mass is 9.99. The molecule has 2 aliphatic heterocycles. The van der Waals surface area contributed by atoms with Crippen molar-refractivity contribution in [2.75, 3.05) is 5.32 Å². The zero-order chi connectivity index (χ0) is 12.5. The van der Waals surface area contributed by atoms with Gasteiger partial charge in [0.25, 0.3) is 0 Å². The smallest absolute Gasteiger partial charge is 0.248 e. The van der Waals surface area contributed by atoms with E-state index in [0.29, 0.717) is 23.7 Å². The topological polar surface area (TPSA) is 67.2 Å². The van der Waals surface area contributed by atoms with E-state index in [9.17, 15) is 4.79 Å². The molecule has 0 aliphatic carbocycles. The summed E-state index contributed by atoms with van der Waals surface area (Å²) in [6, 6.07) is 9.34. The van der Waals surface area contributed by atoms with Crippen LogP contribution >= 0.6 is 0 Å². The van der Waals surface area contributed by atoms with Gasteiger partial charge in [0, 0.05) is 29.4 Å². The van der Waals surface area contributed by atoms with Gasteiger partial charge in [0.05, 0.1) is 0 Å². The van der Waals surface area contributed by atoms with Gasteiger partial charge in [0.1, 0.15) is 0 Å². The van der Waals surface area contributed by atoms with E-state index < -0.39 is 0 Å². The van der Waals surface area contributed by atoms with Gasteiger partial charge in [-0.15, -0.1) is 0 Å². The van der Waals surface area contributed by atoms with Crippen LogP contribution in [0.4, 0.5) is 5.69 Å². The number of anilines is 1. The lowest BCUT2D eigenvalue weighted by molar-refractivity contribution is 0.100. The van der Waals surface area contributed by atoms with Crippen molar-refractivity contribution in [3.05, 3.63) is 29.8 Å². The zero-order valence-corrected chi connectivity index (χ0v) is 10.4. The molecule has 1 aromatic carbocycles. The number of hydrogen-bond donors (Lipinski definition) is 3. The van der Waals surface area contributed by atoms with Crippen LogP contribution in [-0.4, -0.2) is 24.0 Å². The number of primary amides is 1. The highest BCUT2D eigenvalue weighted by atomic mass is 16.1. The maximum atomic E-state index is 11.0. The number of amides is 1. The molecule has 0 aromatic heterocycles. The molecule has 96 valence electrons. The zero-order valence-electron chi connectivity index (χ0n) is 10.4. The van der Waals surface area contributed by atoms with Gasteiger partial charge in [-0.3, -0.25) is 4.79 Å². The van der Waals surface area contributed by atoms with Gasteiger partial charge in [-0.2, -0.15) is 0 Å². The Hall–Kier alpha value is -1.55. The van der Waals surface area contributed by atoms with E-state index >= 15 is 0 Å². The molecule has 1 aromatic rings. The first-order valence-electron chi connectivity index (χ1n) is 6.63. The molecule has 0 radical (unpaired) electrons. The number of carbonyl (C=O) groups excluding carboxylic acids is 1. The first-order chi connectivity index (χ1) is 8.70. The summed E-state index contributed by atoms with van der Waals surface area (Å²) in [6.07, 6.45) is 5.00. The first-order valence-corrected chi connectivity index (χ1v) is 6.63. The number of piperidine rings is 1. The summed E-state index contributed by atoms with van der Waals surface area (Å²) in [4.78, 5) is 11.0. The van der Waals surface area contributed by atoms with E-state index in [0.717, 1.165) is 5.69 Å². The highest BCUT2D eigenvalue weighted by Gasteiger charge is 2.33. The van der Waals surface area contributed by atoms with Crippen molar-refractivity contribution in [3.63, 3.8) is 0 Å². The fourth-order valence-electron chi connectivity index (χ4n) is 3.14. The Labute approximate surface area is 107 Å². The van der Waals surface area contributed by atoms with Crippen molar-refractivity contribution < 1.29 is 4.79 Å². The predicted molar refractivity (Wildman–Crippen MR) is 71.6 cm³/mol. The van der Waals surface area contributed by atoms with Gasteiger partial charge in [0.15, 0.2) is 0 Å². The Kier molecular flexibility index (Phi) is 2.96. The standard InChI is InChI=1S/C14H19N3O/c15-14(18)9-1-3-10(4-2-9)16-13-7-11-5-6-12(8-13)17-11/h1-4,11-13,16-17H,5-8H2,(H2,15,18). The Balaban J connectivity index is 1.64. The van der Waals surface area contributed by atoms with Crippen LogP contribution in [0.25, 0.3) is 0 Å². The van der Waals surface area contributed by atoms with Crippen molar-refractivity contribution >= 4 is 11.6 Å². The van der Waals surface area contributed by atoms with Crippen molar-refractivity contribution in [3.8, 4) is 0 Å². The molecule has 4 nitrogen and oxygen atoms in total. The number of carbonyl (C=O) groups is 1. The second-order valence-corrected chi connectivity index (χ2v) is 5.39. The maximum Gasteiger partial charge on any atom is 0.248 e. The van der Waals surface area contributed by atoms with Gasteiger partial charge in [-0.1, -0.05) is 0 Å². The van der Waals surface area contributed by atoms with Crippen molar-refractivity contribution in [1.82, 2.24) is 5.32 Å². The van der Waals surface area contributed by atoms with Gasteiger partial charge in [-0.25, -0.2) is 0 Å². The molecule has 2 aliphatic rings. The van der Waals surface area contributed by atoms with Gasteiger partial charge in [-0.05, 0) is 49.9 Å². The predicted octanol–water partition coefficient (Wildman–Crippen LogP) is 1.48. The van der Waals surface area contributed by atoms with Crippen LogP contribution in [0.1, 0.15) is 36.0 Å². The maximum absolute atomic E-state index is 11.0. The van der Waals surface area contributed by atoms with E-state index in [1.54, 1.807) is 12.1 Å². The Morgan fingerprint density at radius 2 is 1.78 bits per heavy atom. The molecular formula is C14H19N3O. The fourth-order valence-corrected chi connectivity index (χ4v) is 3.14. The highest BCUT2D eigenvalue weighted by Crippen LogP contribution is 2.28. The number of benzene rings is 1. The summed E-state index contributed by atoms with van der Waals surface area (Å²) in [5.74, 6) is -0.374. The van der Waals surface area contributed by atoms with Crippen LogP contribution in [0.15, 0.2) is 24.3 Å². The van der Waals surface area contributed by atoms with Gasteiger partial charge in [0.2, 0.25) is 5.91 Å². The molecular weight excluding hydrogens is 226 g/mol. The molecule has 4 heteroatoms. The fraction of sp³-hybridized carbons (Fsp3) is 0.500. The molecule has 1 amide bonds. The summed E-state index contributed by atoms with van der Waals surface area (Å²) in [5, 5.41) is 7.18. The average molecular weight is 245 g/mol. The van der Waals surface area contributed by atoms with E-state index in [1.165, 1.54) is 25.7 Å². The number of fused-ring (bicyclic) bond motifs is 2. The molecule has 2 fully saturated rings. The summed E-state index contributed by atoms with van der Waals surface area (Å²) in [7, 11) is 0. The largest absolute Gasteiger partial charge is 0.382 e. The molecule has 2 bridgehead atoms. The number of nitrogens with two attached hydrogens (primary N) is 1. The van der Waals surface area contributed by atoms with Crippen LogP contribution in [0.5, 0.6) is 0 Å². The SMILES string of the molecule is NC(=O)c1ccc(NC2CC3CCC(C2)N3)cc1. The van der Waals surface area contributed by atoms with Gasteiger partial charge >= 0.3 is 0 Å². The van der Waals surface area contributed by atoms with E-state index in [1.807, 2.05) is 12.1 Å². The Bertz CT molecular complexity index is 431. The molecule has 0 spiro atoms. The van der Waals surface area contributed by atoms with Crippen LogP contribution in [0, 0.1) is 0 Å². The van der Waals surface area contributed by atoms with E-state index in [4.69, 9.17) is 5.73 Å². The lowest BCUT2D eigenvalue weighted by Gasteiger charge is -2.30. The number of rotatable bonds is 3. The minimum absolute atomic E-state index is 0.374. The molecule has 3 rings (SSSR count). The summed E-state index contributed by atoms with van der Waals surface area (Å²) in [5.41, 5.74) is 6.86. The van der Waals surface area contributed by atoms with Crippen molar-refractivity contribution in [2.24, 2.45) is 5.73 Å². The molecule has 2 unspecified atom stereocenters. The summed E-state index contributed by atoms with van der Waals surface area (Å²) < 4.78 is 0. The molecule has 4 N–H and O–H groups in total. The van der Waals surface area contributed by atoms with E-state index in [2.05, 4.69) is 10.6 Å². The van der Waals surface area contributed by atoms with Crippen LogP contribution in [-0.2, 0) is 0 Å². The molecule has 2 saturated heterocycles. The third-order valence-electron chi connectivity index (χ3n) is 4.01. The molecule has 2 heterocycles. The molecule has 18 heavy (non-hydrogen) atoms. The molecule has 2 atom stereocenters. The quantitative estimate of drug-likeness (QED) is 0.755. The van der Waals surface area contributed by atoms with Gasteiger partial charge < -0.3 is 16.4 Å². The Morgan fingerprint density at radius 3 is 2.33 bits per heavy atom. The first kappa shape index (κ1) is 11.5. The highest BCUT2D eigenvalue weighted by molar-refractivity contribution is 5.93. The second kappa shape index (κ2) is 4.61. The second-order valence-electron chi connectivity index (χ2n) is 5.39. The summed E-state index contributed by atoms with van der Waals surface area (Å²) >= 11 is 0. The minimum Gasteiger partial charge on any atom is -0.382 e. The monoisotopic (exact) mass is 245 g/mol. The van der Waals surface area contributed by atoms with Crippen molar-refractivity contribution in [1.29, 1.82) is 0 Å². The third-order valence-corrected chi connectivity index (χ3v) is 4.01. The molecule has 0 saturated carbocycles. The third kappa shape index (κ3) is 2.34. The minimum atomic E-state index is -0.374. The van der Waals surface area contributed by atoms with Crippen LogP contribution in [0.3, 0.4) is 0 Å².